The summed E-state index contributed by atoms with van der Waals surface area (Å²) in [5.74, 6) is 1.35. The first kappa shape index (κ1) is 13.0. The van der Waals surface area contributed by atoms with E-state index in [-0.39, 0.29) is 0 Å². The zero-order valence-electron chi connectivity index (χ0n) is 11.3. The van der Waals surface area contributed by atoms with Crippen molar-refractivity contribution in [1.82, 2.24) is 15.2 Å². The lowest BCUT2D eigenvalue weighted by Crippen LogP contribution is -2.03. The van der Waals surface area contributed by atoms with Crippen molar-refractivity contribution in [1.29, 1.82) is 0 Å². The fourth-order valence-corrected chi connectivity index (χ4v) is 2.48. The van der Waals surface area contributed by atoms with Gasteiger partial charge in [0, 0.05) is 6.42 Å². The smallest absolute Gasteiger partial charge is 0.213 e. The minimum atomic E-state index is 0.429. The topological polar surface area (TPSA) is 44.5 Å². The van der Waals surface area contributed by atoms with Gasteiger partial charge in [0.05, 0.1) is 0 Å². The molecule has 0 saturated heterocycles. The molecule has 18 heavy (non-hydrogen) atoms. The van der Waals surface area contributed by atoms with Gasteiger partial charge in [0.2, 0.25) is 4.77 Å². The molecule has 0 radical (unpaired) electrons. The minimum Gasteiger partial charge on any atom is -0.286 e. The van der Waals surface area contributed by atoms with E-state index in [1.54, 1.807) is 0 Å². The molecule has 2 rings (SSSR count). The van der Waals surface area contributed by atoms with Crippen LogP contribution in [-0.2, 0) is 6.42 Å². The molecule has 4 heteroatoms. The largest absolute Gasteiger partial charge is 0.286 e. The molecule has 0 saturated carbocycles. The molecule has 0 aliphatic heterocycles. The van der Waals surface area contributed by atoms with Crippen molar-refractivity contribution >= 4 is 12.2 Å². The predicted molar refractivity (Wildman–Crippen MR) is 76.5 cm³/mol. The summed E-state index contributed by atoms with van der Waals surface area (Å²) in [4.78, 5) is 4.25. The van der Waals surface area contributed by atoms with Crippen LogP contribution >= 0.6 is 12.2 Å². The Bertz CT molecular complexity index is 610. The van der Waals surface area contributed by atoms with Crippen molar-refractivity contribution in [3.63, 3.8) is 0 Å². The van der Waals surface area contributed by atoms with Crippen molar-refractivity contribution in [3.05, 3.63) is 45.0 Å². The first-order chi connectivity index (χ1) is 8.47. The molecular formula is C14H19N3S. The van der Waals surface area contributed by atoms with Gasteiger partial charge < -0.3 is 0 Å². The molecule has 1 aromatic heterocycles. The Morgan fingerprint density at radius 3 is 2.39 bits per heavy atom. The first-order valence-electron chi connectivity index (χ1n) is 6.18. The van der Waals surface area contributed by atoms with Gasteiger partial charge in [-0.05, 0) is 61.2 Å². The number of benzene rings is 1. The number of hydrogen-bond donors (Lipinski definition) is 2. The zero-order chi connectivity index (χ0) is 13.3. The van der Waals surface area contributed by atoms with Crippen LogP contribution in [0, 0.1) is 25.5 Å². The van der Waals surface area contributed by atoms with E-state index in [9.17, 15) is 0 Å². The van der Waals surface area contributed by atoms with Crippen LogP contribution in [0.1, 0.15) is 40.9 Å². The second kappa shape index (κ2) is 5.06. The fraction of sp³-hybridized carbons (Fsp3) is 0.429. The molecule has 1 heterocycles. The Hall–Kier alpha value is -1.42. The van der Waals surface area contributed by atoms with Gasteiger partial charge in [-0.25, -0.2) is 4.98 Å². The first-order valence-corrected chi connectivity index (χ1v) is 6.59. The highest BCUT2D eigenvalue weighted by Gasteiger charge is 2.12. The Kier molecular flexibility index (Phi) is 3.66. The van der Waals surface area contributed by atoms with E-state index in [1.807, 2.05) is 0 Å². The maximum atomic E-state index is 4.97. The number of aromatic nitrogens is 3. The number of aromatic amines is 2. The molecule has 1 aromatic carbocycles. The van der Waals surface area contributed by atoms with Crippen molar-refractivity contribution in [2.45, 2.75) is 40.0 Å². The zero-order valence-corrected chi connectivity index (χ0v) is 12.1. The third-order valence-corrected chi connectivity index (χ3v) is 3.66. The molecule has 0 amide bonds. The van der Waals surface area contributed by atoms with Crippen LogP contribution in [0.4, 0.5) is 0 Å². The minimum absolute atomic E-state index is 0.429. The van der Waals surface area contributed by atoms with Crippen molar-refractivity contribution in [2.75, 3.05) is 0 Å². The standard InChI is InChI=1S/C14H19N3S/c1-8-5-10(3)12(6-9(8)2)11(4)7-13-15-14(18)17-16-13/h5-6,11H,7H2,1-4H3,(H2,15,16,17,18). The Balaban J connectivity index is 2.26. The average molecular weight is 261 g/mol. The quantitative estimate of drug-likeness (QED) is 0.827. The van der Waals surface area contributed by atoms with Crippen LogP contribution in [0.2, 0.25) is 0 Å². The molecule has 3 nitrogen and oxygen atoms in total. The summed E-state index contributed by atoms with van der Waals surface area (Å²) in [6.45, 7) is 8.71. The van der Waals surface area contributed by atoms with E-state index in [4.69, 9.17) is 12.2 Å². The normalized spacial score (nSPS) is 12.7. The van der Waals surface area contributed by atoms with E-state index in [0.717, 1.165) is 12.2 Å². The molecule has 0 fully saturated rings. The number of nitrogens with zero attached hydrogens (tertiary/aromatic N) is 1. The van der Waals surface area contributed by atoms with Crippen LogP contribution in [0.3, 0.4) is 0 Å². The molecular weight excluding hydrogens is 242 g/mol. The SMILES string of the molecule is Cc1cc(C)c(C(C)Cc2nc(=S)[nH][nH]2)cc1C. The molecule has 96 valence electrons. The third kappa shape index (κ3) is 2.70. The Morgan fingerprint density at radius 2 is 1.78 bits per heavy atom. The second-order valence-corrected chi connectivity index (χ2v) is 5.40. The Morgan fingerprint density at radius 1 is 1.11 bits per heavy atom. The van der Waals surface area contributed by atoms with Crippen LogP contribution in [0.25, 0.3) is 0 Å². The highest BCUT2D eigenvalue weighted by molar-refractivity contribution is 7.71. The number of hydrogen-bond acceptors (Lipinski definition) is 2. The molecule has 1 unspecified atom stereocenters. The summed E-state index contributed by atoms with van der Waals surface area (Å²) in [6.07, 6.45) is 0.872. The molecule has 0 aliphatic rings. The van der Waals surface area contributed by atoms with Gasteiger partial charge in [-0.3, -0.25) is 10.2 Å². The molecule has 0 spiro atoms. The lowest BCUT2D eigenvalue weighted by Gasteiger charge is -2.15. The molecule has 2 N–H and O–H groups in total. The summed E-state index contributed by atoms with van der Waals surface area (Å²) in [7, 11) is 0. The highest BCUT2D eigenvalue weighted by Crippen LogP contribution is 2.25. The van der Waals surface area contributed by atoms with Crippen LogP contribution in [0.5, 0.6) is 0 Å². The van der Waals surface area contributed by atoms with Gasteiger partial charge in [-0.1, -0.05) is 19.1 Å². The Labute approximate surface area is 113 Å². The summed E-state index contributed by atoms with van der Waals surface area (Å²) >= 11 is 4.97. The highest BCUT2D eigenvalue weighted by atomic mass is 32.1. The van der Waals surface area contributed by atoms with Crippen molar-refractivity contribution in [3.8, 4) is 0 Å². The lowest BCUT2D eigenvalue weighted by molar-refractivity contribution is 0.715. The summed E-state index contributed by atoms with van der Waals surface area (Å²) in [6, 6.07) is 4.55. The van der Waals surface area contributed by atoms with Crippen molar-refractivity contribution in [2.24, 2.45) is 0 Å². The summed E-state index contributed by atoms with van der Waals surface area (Å²) < 4.78 is 0.522. The fourth-order valence-electron chi connectivity index (χ4n) is 2.31. The van der Waals surface area contributed by atoms with Crippen LogP contribution in [-0.4, -0.2) is 15.2 Å². The molecule has 0 bridgehead atoms. The van der Waals surface area contributed by atoms with E-state index in [1.165, 1.54) is 22.3 Å². The van der Waals surface area contributed by atoms with Gasteiger partial charge >= 0.3 is 0 Å². The van der Waals surface area contributed by atoms with Crippen LogP contribution in [0.15, 0.2) is 12.1 Å². The van der Waals surface area contributed by atoms with Gasteiger partial charge in [0.15, 0.2) is 0 Å². The average Bonchev–Trinajstić information content (AvgIpc) is 2.69. The van der Waals surface area contributed by atoms with Gasteiger partial charge in [0.1, 0.15) is 5.82 Å². The monoisotopic (exact) mass is 261 g/mol. The number of aryl methyl sites for hydroxylation is 3. The van der Waals surface area contributed by atoms with Gasteiger partial charge in [-0.15, -0.1) is 0 Å². The molecule has 2 aromatic rings. The van der Waals surface area contributed by atoms with E-state index in [2.05, 4.69) is 55.0 Å². The van der Waals surface area contributed by atoms with Crippen LogP contribution < -0.4 is 0 Å². The summed E-state index contributed by atoms with van der Waals surface area (Å²) in [5, 5.41) is 5.85. The number of nitrogens with one attached hydrogen (secondary N) is 2. The second-order valence-electron chi connectivity index (χ2n) is 5.01. The number of H-pyrrole nitrogens is 2. The molecule has 1 atom stereocenters. The third-order valence-electron chi connectivity index (χ3n) is 3.46. The predicted octanol–water partition coefficient (Wildman–Crippen LogP) is 3.74. The maximum Gasteiger partial charge on any atom is 0.213 e. The van der Waals surface area contributed by atoms with Gasteiger partial charge in [0.25, 0.3) is 0 Å². The maximum absolute atomic E-state index is 4.97. The van der Waals surface area contributed by atoms with E-state index in [0.29, 0.717) is 10.7 Å². The molecule has 0 aliphatic carbocycles. The van der Waals surface area contributed by atoms with Gasteiger partial charge in [-0.2, -0.15) is 0 Å². The van der Waals surface area contributed by atoms with Crippen molar-refractivity contribution < 1.29 is 0 Å². The lowest BCUT2D eigenvalue weighted by atomic mass is 9.90. The van der Waals surface area contributed by atoms with E-state index >= 15 is 0 Å². The number of rotatable bonds is 3. The van der Waals surface area contributed by atoms with E-state index < -0.39 is 0 Å². The summed E-state index contributed by atoms with van der Waals surface area (Å²) in [5.41, 5.74) is 5.43.